The van der Waals surface area contributed by atoms with Gasteiger partial charge in [0.05, 0.1) is 5.92 Å². The third kappa shape index (κ3) is 8.69. The van der Waals surface area contributed by atoms with E-state index >= 15 is 0 Å². The predicted molar refractivity (Wildman–Crippen MR) is 116 cm³/mol. The first-order chi connectivity index (χ1) is 13.1. The Balaban J connectivity index is 0.000000283. The molecule has 3 heteroatoms. The van der Waals surface area contributed by atoms with Gasteiger partial charge in [0.1, 0.15) is 6.17 Å². The maximum absolute atomic E-state index is 12.8. The molecule has 0 amide bonds. The molecule has 2 nitrogen and oxygen atoms in total. The first-order valence-electron chi connectivity index (χ1n) is 10.1. The van der Waals surface area contributed by atoms with Crippen LogP contribution in [0.15, 0.2) is 48.5 Å². The second-order valence-electron chi connectivity index (χ2n) is 8.36. The van der Waals surface area contributed by atoms with E-state index in [-0.39, 0.29) is 0 Å². The molecule has 28 heavy (non-hydrogen) atoms. The van der Waals surface area contributed by atoms with Crippen LogP contribution in [0.25, 0.3) is 0 Å². The lowest BCUT2D eigenvalue weighted by Gasteiger charge is -2.09. The molecule has 1 N–H and O–H groups in total. The number of carboxylic acids is 1. The van der Waals surface area contributed by atoms with Gasteiger partial charge < -0.3 is 5.11 Å². The Kier molecular flexibility index (Phi) is 9.92. The van der Waals surface area contributed by atoms with Crippen molar-refractivity contribution >= 4 is 5.97 Å². The second kappa shape index (κ2) is 11.6. The number of rotatable bonds is 7. The summed E-state index contributed by atoms with van der Waals surface area (Å²) in [6, 6.07) is 15.7. The van der Waals surface area contributed by atoms with Crippen LogP contribution in [0.1, 0.15) is 75.9 Å². The number of hydrogen-bond acceptors (Lipinski definition) is 1. The van der Waals surface area contributed by atoms with Crippen LogP contribution in [-0.2, 0) is 17.6 Å². The number of alkyl halides is 1. The van der Waals surface area contributed by atoms with Crippen LogP contribution < -0.4 is 0 Å². The summed E-state index contributed by atoms with van der Waals surface area (Å²) in [6.45, 7) is 12.0. The fourth-order valence-corrected chi connectivity index (χ4v) is 2.95. The molecule has 2 unspecified atom stereocenters. The number of carbonyl (C=O) groups is 1. The molecule has 0 aliphatic carbocycles. The Morgan fingerprint density at radius 3 is 1.39 bits per heavy atom. The quantitative estimate of drug-likeness (QED) is 0.557. The minimum absolute atomic E-state index is 0.418. The summed E-state index contributed by atoms with van der Waals surface area (Å²) in [5, 5.41) is 8.85. The summed E-state index contributed by atoms with van der Waals surface area (Å²) in [6.07, 6.45) is 1.26. The van der Waals surface area contributed by atoms with Crippen molar-refractivity contribution in [2.24, 2.45) is 11.8 Å². The fraction of sp³-hybridized carbons (Fsp3) is 0.480. The molecule has 0 radical (unpaired) electrons. The molecule has 2 aromatic rings. The Hall–Kier alpha value is -2.16. The zero-order valence-electron chi connectivity index (χ0n) is 18.1. The smallest absolute Gasteiger partial charge is 0.310 e. The van der Waals surface area contributed by atoms with Crippen LogP contribution in [0.5, 0.6) is 0 Å². The highest BCUT2D eigenvalue weighted by Crippen LogP contribution is 2.18. The molecule has 0 fully saturated rings. The molecule has 154 valence electrons. The number of halogens is 1. The van der Waals surface area contributed by atoms with Crippen LogP contribution in [0.3, 0.4) is 0 Å². The van der Waals surface area contributed by atoms with E-state index in [9.17, 15) is 9.18 Å². The maximum Gasteiger partial charge on any atom is 0.310 e. The van der Waals surface area contributed by atoms with Gasteiger partial charge in [0.25, 0.3) is 0 Å². The van der Waals surface area contributed by atoms with Crippen LogP contribution >= 0.6 is 0 Å². The van der Waals surface area contributed by atoms with E-state index in [2.05, 4.69) is 27.7 Å². The summed E-state index contributed by atoms with van der Waals surface area (Å²) < 4.78 is 12.8. The second-order valence-corrected chi connectivity index (χ2v) is 8.36. The van der Waals surface area contributed by atoms with Crippen molar-refractivity contribution in [2.45, 2.75) is 66.5 Å². The van der Waals surface area contributed by atoms with E-state index in [0.717, 1.165) is 24.0 Å². The van der Waals surface area contributed by atoms with E-state index < -0.39 is 18.1 Å². The largest absolute Gasteiger partial charge is 0.481 e. The SMILES string of the molecule is CC(C)Cc1ccc(C(C)C(=O)O)cc1.CC(C)Cc1ccc(C(C)F)cc1. The van der Waals surface area contributed by atoms with Crippen molar-refractivity contribution in [3.63, 3.8) is 0 Å². The lowest BCUT2D eigenvalue weighted by Crippen LogP contribution is -2.07. The molecular formula is C25H35FO2. The van der Waals surface area contributed by atoms with E-state index in [1.807, 2.05) is 48.5 Å². The van der Waals surface area contributed by atoms with E-state index in [4.69, 9.17) is 5.11 Å². The van der Waals surface area contributed by atoms with Gasteiger partial charge in [-0.25, -0.2) is 4.39 Å². The molecule has 0 heterocycles. The van der Waals surface area contributed by atoms with Crippen LogP contribution in [-0.4, -0.2) is 11.1 Å². The zero-order valence-corrected chi connectivity index (χ0v) is 18.1. The van der Waals surface area contributed by atoms with E-state index in [0.29, 0.717) is 11.8 Å². The normalized spacial score (nSPS) is 13.0. The Morgan fingerprint density at radius 1 is 0.750 bits per heavy atom. The molecule has 2 atom stereocenters. The minimum atomic E-state index is -0.854. The third-order valence-corrected chi connectivity index (χ3v) is 4.58. The topological polar surface area (TPSA) is 37.3 Å². The summed E-state index contributed by atoms with van der Waals surface area (Å²) in [4.78, 5) is 10.8. The van der Waals surface area contributed by atoms with Crippen molar-refractivity contribution in [3.8, 4) is 0 Å². The number of hydrogen-bond donors (Lipinski definition) is 1. The van der Waals surface area contributed by atoms with Crippen molar-refractivity contribution < 1.29 is 14.3 Å². The van der Waals surface area contributed by atoms with Crippen LogP contribution in [0, 0.1) is 11.8 Å². The van der Waals surface area contributed by atoms with Gasteiger partial charge in [0.15, 0.2) is 0 Å². The molecule has 0 saturated heterocycles. The van der Waals surface area contributed by atoms with Gasteiger partial charge in [-0.3, -0.25) is 4.79 Å². The molecule has 0 aliphatic rings. The molecule has 0 aliphatic heterocycles. The van der Waals surface area contributed by atoms with E-state index in [1.165, 1.54) is 11.1 Å². The number of carboxylic acid groups (broad SMARTS) is 1. The molecule has 0 saturated carbocycles. The van der Waals surface area contributed by atoms with Gasteiger partial charge in [-0.2, -0.15) is 0 Å². The van der Waals surface area contributed by atoms with Gasteiger partial charge in [-0.15, -0.1) is 0 Å². The summed E-state index contributed by atoms with van der Waals surface area (Å²) in [5.74, 6) is 0.103. The highest BCUT2D eigenvalue weighted by molar-refractivity contribution is 5.75. The molecule has 2 rings (SSSR count). The number of benzene rings is 2. The molecule has 0 aromatic heterocycles. The lowest BCUT2D eigenvalue weighted by molar-refractivity contribution is -0.138. The van der Waals surface area contributed by atoms with Gasteiger partial charge >= 0.3 is 5.97 Å². The fourth-order valence-electron chi connectivity index (χ4n) is 2.95. The number of aliphatic carboxylic acids is 1. The molecule has 0 bridgehead atoms. The Bertz CT molecular complexity index is 700. The highest BCUT2D eigenvalue weighted by atomic mass is 19.1. The van der Waals surface area contributed by atoms with E-state index in [1.54, 1.807) is 13.8 Å². The summed E-state index contributed by atoms with van der Waals surface area (Å²) in [7, 11) is 0. The zero-order chi connectivity index (χ0) is 21.3. The Morgan fingerprint density at radius 2 is 1.11 bits per heavy atom. The molecule has 2 aromatic carbocycles. The summed E-state index contributed by atoms with van der Waals surface area (Å²) in [5.41, 5.74) is 4.20. The van der Waals surface area contributed by atoms with Gasteiger partial charge in [0, 0.05) is 0 Å². The monoisotopic (exact) mass is 386 g/mol. The van der Waals surface area contributed by atoms with Gasteiger partial charge in [-0.05, 0) is 60.8 Å². The van der Waals surface area contributed by atoms with Gasteiger partial charge in [-0.1, -0.05) is 76.2 Å². The average molecular weight is 387 g/mol. The molecule has 0 spiro atoms. The maximum atomic E-state index is 12.8. The lowest BCUT2D eigenvalue weighted by atomic mass is 9.97. The third-order valence-electron chi connectivity index (χ3n) is 4.58. The van der Waals surface area contributed by atoms with Crippen LogP contribution in [0.2, 0.25) is 0 Å². The highest BCUT2D eigenvalue weighted by Gasteiger charge is 2.12. The first kappa shape index (κ1) is 23.9. The Labute approximate surface area is 169 Å². The first-order valence-corrected chi connectivity index (χ1v) is 10.1. The van der Waals surface area contributed by atoms with Crippen molar-refractivity contribution in [2.75, 3.05) is 0 Å². The standard InChI is InChI=1S/C13H18O2.C12H17F/c1-9(2)8-11-4-6-12(7-5-11)10(3)13(14)15;1-9(2)8-11-4-6-12(7-5-11)10(3)13/h4-7,9-10H,8H2,1-3H3,(H,14,15);4-7,9-10H,8H2,1-3H3. The minimum Gasteiger partial charge on any atom is -0.481 e. The molecular weight excluding hydrogens is 351 g/mol. The average Bonchev–Trinajstić information content (AvgIpc) is 2.61. The van der Waals surface area contributed by atoms with Crippen LogP contribution in [0.4, 0.5) is 4.39 Å². The van der Waals surface area contributed by atoms with Gasteiger partial charge in [0.2, 0.25) is 0 Å². The van der Waals surface area contributed by atoms with Crippen molar-refractivity contribution in [3.05, 3.63) is 70.8 Å². The predicted octanol–water partition coefficient (Wildman–Crippen LogP) is 6.99. The van der Waals surface area contributed by atoms with Crippen molar-refractivity contribution in [1.82, 2.24) is 0 Å². The summed E-state index contributed by atoms with van der Waals surface area (Å²) >= 11 is 0. The van der Waals surface area contributed by atoms with Crippen molar-refractivity contribution in [1.29, 1.82) is 0 Å².